The lowest BCUT2D eigenvalue weighted by molar-refractivity contribution is 0.0964. The number of rotatable bonds is 10. The van der Waals surface area contributed by atoms with Crippen LogP contribution in [0.4, 0.5) is 9.39 Å². The fourth-order valence-corrected chi connectivity index (χ4v) is 6.12. The summed E-state index contributed by atoms with van der Waals surface area (Å²) in [6.45, 7) is 7.48. The number of H-pyrrole nitrogens is 1. The van der Waals surface area contributed by atoms with Crippen molar-refractivity contribution in [3.05, 3.63) is 59.1 Å². The van der Waals surface area contributed by atoms with E-state index in [0.29, 0.717) is 24.0 Å². The number of hydrogen-bond acceptors (Lipinski definition) is 9. The molecule has 4 aromatic rings. The molecule has 4 aromatic heterocycles. The van der Waals surface area contributed by atoms with E-state index in [0.717, 1.165) is 65.4 Å². The Morgan fingerprint density at radius 2 is 2.05 bits per heavy atom. The number of hydrogen-bond donors (Lipinski definition) is 2. The molecule has 11 nitrogen and oxygen atoms in total. The van der Waals surface area contributed by atoms with Crippen molar-refractivity contribution in [2.45, 2.75) is 52.5 Å². The van der Waals surface area contributed by atoms with Crippen LogP contribution in [0, 0.1) is 12.8 Å². The van der Waals surface area contributed by atoms with Gasteiger partial charge in [-0.3, -0.25) is 19.1 Å². The number of nitrogens with one attached hydrogen (secondary N) is 2. The van der Waals surface area contributed by atoms with Crippen molar-refractivity contribution in [1.29, 1.82) is 0 Å². The summed E-state index contributed by atoms with van der Waals surface area (Å²) in [6.07, 6.45) is 11.8. The maximum atomic E-state index is 13.1. The third kappa shape index (κ3) is 6.16. The standard InChI is InChI=1S/C28H35FN10OS/c1-18-13-39-25(21-10-32-38(14-21)16-26-33-19(2)23(9-29)34-26)12-31-28(39)24(11-30-18)35-27-8-22(36-41-27)15-37-6-4-20(5-7-37)17-40-3/h8,10-14,20,24,35H,4-7,9,15-17H2,1-3H3,(H,33,34). The van der Waals surface area contributed by atoms with Gasteiger partial charge in [0.1, 0.15) is 29.4 Å². The fourth-order valence-electron chi connectivity index (χ4n) is 5.42. The first-order chi connectivity index (χ1) is 20.0. The average Bonchev–Trinajstić information content (AvgIpc) is 3.75. The second kappa shape index (κ2) is 12.0. The number of piperidine rings is 1. The van der Waals surface area contributed by atoms with Crippen LogP contribution in [0.1, 0.15) is 54.5 Å². The van der Waals surface area contributed by atoms with Crippen molar-refractivity contribution in [1.82, 2.24) is 38.6 Å². The van der Waals surface area contributed by atoms with Crippen LogP contribution in [-0.2, 0) is 24.5 Å². The number of halogens is 1. The molecule has 0 aromatic carbocycles. The number of aromatic nitrogens is 7. The number of allylic oxidation sites excluding steroid dienone is 1. The minimum Gasteiger partial charge on any atom is -0.384 e. The molecule has 0 radical (unpaired) electrons. The highest BCUT2D eigenvalue weighted by molar-refractivity contribution is 7.10. The summed E-state index contributed by atoms with van der Waals surface area (Å²) < 4.78 is 27.0. The smallest absolute Gasteiger partial charge is 0.141 e. The molecule has 2 aliphatic rings. The number of aryl methyl sites for hydroxylation is 1. The van der Waals surface area contributed by atoms with E-state index in [1.807, 2.05) is 38.7 Å². The van der Waals surface area contributed by atoms with Gasteiger partial charge in [-0.2, -0.15) is 9.47 Å². The Labute approximate surface area is 242 Å². The molecule has 1 unspecified atom stereocenters. The normalized spacial score (nSPS) is 18.0. The highest BCUT2D eigenvalue weighted by atomic mass is 32.1. The van der Waals surface area contributed by atoms with Gasteiger partial charge in [0.05, 0.1) is 41.7 Å². The van der Waals surface area contributed by atoms with Crippen molar-refractivity contribution in [2.24, 2.45) is 10.9 Å². The molecule has 216 valence electrons. The molecule has 0 bridgehead atoms. The van der Waals surface area contributed by atoms with Crippen LogP contribution in [0.2, 0.25) is 0 Å². The predicted molar refractivity (Wildman–Crippen MR) is 157 cm³/mol. The average molecular weight is 579 g/mol. The van der Waals surface area contributed by atoms with E-state index in [-0.39, 0.29) is 6.04 Å². The molecule has 0 amide bonds. The minimum atomic E-state index is -0.589. The van der Waals surface area contributed by atoms with Crippen molar-refractivity contribution in [2.75, 3.05) is 32.1 Å². The SMILES string of the molecule is COCC1CCN(Cc2cc(NC3C=NC(C)=Cn4c(-c5cnn(Cc6nc(CF)c(C)[nH]6)c5)cnc43)sn2)CC1. The number of aliphatic imine (C=N–C) groups is 1. The Bertz CT molecular complexity index is 1540. The molecular formula is C28H35FN10OS. The van der Waals surface area contributed by atoms with Gasteiger partial charge in [0.2, 0.25) is 0 Å². The van der Waals surface area contributed by atoms with E-state index in [1.54, 1.807) is 18.0 Å². The molecule has 0 spiro atoms. The molecule has 2 aliphatic heterocycles. The molecular weight excluding hydrogens is 543 g/mol. The number of nitrogens with zero attached hydrogens (tertiary/aromatic N) is 8. The summed E-state index contributed by atoms with van der Waals surface area (Å²) in [5.74, 6) is 2.16. The zero-order chi connectivity index (χ0) is 28.3. The lowest BCUT2D eigenvalue weighted by Gasteiger charge is -2.30. The monoisotopic (exact) mass is 578 g/mol. The number of aromatic amines is 1. The maximum absolute atomic E-state index is 13.1. The molecule has 13 heteroatoms. The third-order valence-corrected chi connectivity index (χ3v) is 8.36. The quantitative estimate of drug-likeness (QED) is 0.281. The van der Waals surface area contributed by atoms with Gasteiger partial charge in [-0.25, -0.2) is 14.4 Å². The minimum absolute atomic E-state index is 0.226. The fraction of sp³-hybridized carbons (Fsp3) is 0.464. The summed E-state index contributed by atoms with van der Waals surface area (Å²) >= 11 is 1.47. The molecule has 0 aliphatic carbocycles. The van der Waals surface area contributed by atoms with Gasteiger partial charge in [-0.1, -0.05) is 0 Å². The number of anilines is 1. The van der Waals surface area contributed by atoms with Gasteiger partial charge < -0.3 is 15.0 Å². The van der Waals surface area contributed by atoms with Gasteiger partial charge in [0.25, 0.3) is 0 Å². The van der Waals surface area contributed by atoms with E-state index in [9.17, 15) is 4.39 Å². The van der Waals surface area contributed by atoms with Gasteiger partial charge in [0, 0.05) is 50.1 Å². The van der Waals surface area contributed by atoms with Gasteiger partial charge in [-0.05, 0) is 63.3 Å². The molecule has 2 N–H and O–H groups in total. The van der Waals surface area contributed by atoms with Crippen molar-refractivity contribution >= 4 is 28.9 Å². The second-order valence-corrected chi connectivity index (χ2v) is 11.5. The Kier molecular flexibility index (Phi) is 8.08. The molecule has 1 atom stereocenters. The Morgan fingerprint density at radius 1 is 1.20 bits per heavy atom. The van der Waals surface area contributed by atoms with Crippen molar-refractivity contribution < 1.29 is 9.13 Å². The van der Waals surface area contributed by atoms with E-state index in [2.05, 4.69) is 40.9 Å². The number of alkyl halides is 1. The van der Waals surface area contributed by atoms with E-state index < -0.39 is 6.67 Å². The molecule has 1 fully saturated rings. The molecule has 6 rings (SSSR count). The van der Waals surface area contributed by atoms with Gasteiger partial charge >= 0.3 is 0 Å². The Hall–Kier alpha value is -3.68. The highest BCUT2D eigenvalue weighted by Crippen LogP contribution is 2.30. The number of methoxy groups -OCH3 is 1. The van der Waals surface area contributed by atoms with E-state index in [4.69, 9.17) is 14.1 Å². The van der Waals surface area contributed by atoms with E-state index in [1.165, 1.54) is 24.4 Å². The summed E-state index contributed by atoms with van der Waals surface area (Å²) in [4.78, 5) is 19.4. The maximum Gasteiger partial charge on any atom is 0.141 e. The van der Waals surface area contributed by atoms with Crippen LogP contribution in [0.25, 0.3) is 17.5 Å². The molecule has 41 heavy (non-hydrogen) atoms. The predicted octanol–water partition coefficient (Wildman–Crippen LogP) is 4.67. The summed E-state index contributed by atoms with van der Waals surface area (Å²) in [7, 11) is 1.78. The zero-order valence-electron chi connectivity index (χ0n) is 23.5. The molecule has 0 saturated carbocycles. The third-order valence-electron chi connectivity index (χ3n) is 7.60. The molecule has 1 saturated heterocycles. The Balaban J connectivity index is 1.15. The van der Waals surface area contributed by atoms with Crippen LogP contribution in [0.5, 0.6) is 0 Å². The molecule has 6 heterocycles. The zero-order valence-corrected chi connectivity index (χ0v) is 24.4. The lowest BCUT2D eigenvalue weighted by atomic mass is 9.98. The van der Waals surface area contributed by atoms with Crippen LogP contribution >= 0.6 is 11.5 Å². The highest BCUT2D eigenvalue weighted by Gasteiger charge is 2.23. The number of ether oxygens (including phenoxy) is 1. The van der Waals surface area contributed by atoms with Gasteiger partial charge in [0.15, 0.2) is 0 Å². The first kappa shape index (κ1) is 27.5. The summed E-state index contributed by atoms with van der Waals surface area (Å²) in [6, 6.07) is 1.91. The van der Waals surface area contributed by atoms with Crippen LogP contribution in [0.15, 0.2) is 35.3 Å². The van der Waals surface area contributed by atoms with Crippen LogP contribution in [0.3, 0.4) is 0 Å². The summed E-state index contributed by atoms with van der Waals surface area (Å²) in [5.41, 5.74) is 4.94. The second-order valence-electron chi connectivity index (χ2n) is 10.7. The number of likely N-dealkylation sites (tertiary alicyclic amines) is 1. The summed E-state index contributed by atoms with van der Waals surface area (Å²) in [5, 5.41) is 9.08. The van der Waals surface area contributed by atoms with Crippen molar-refractivity contribution in [3.8, 4) is 11.3 Å². The number of fused-ring (bicyclic) bond motifs is 1. The van der Waals surface area contributed by atoms with E-state index >= 15 is 0 Å². The lowest BCUT2D eigenvalue weighted by Crippen LogP contribution is -2.34. The van der Waals surface area contributed by atoms with Crippen molar-refractivity contribution in [3.63, 3.8) is 0 Å². The number of imidazole rings is 2. The largest absolute Gasteiger partial charge is 0.384 e. The van der Waals surface area contributed by atoms with Crippen LogP contribution in [-0.4, -0.2) is 71.6 Å². The topological polar surface area (TPSA) is 114 Å². The first-order valence-electron chi connectivity index (χ1n) is 13.9. The Morgan fingerprint density at radius 3 is 2.83 bits per heavy atom. The first-order valence-corrected chi connectivity index (χ1v) is 14.6. The van der Waals surface area contributed by atoms with Crippen LogP contribution < -0.4 is 5.32 Å². The van der Waals surface area contributed by atoms with Gasteiger partial charge in [-0.15, -0.1) is 0 Å².